The van der Waals surface area contributed by atoms with Crippen LogP contribution in [0.15, 0.2) is 11.4 Å². The SMILES string of the molecule is CC(C)c1nc2n(n1)CC(NCC(=O)Nc1sccc1C#N)CC2. The maximum Gasteiger partial charge on any atom is 0.238 e. The van der Waals surface area contributed by atoms with Crippen molar-refractivity contribution in [2.45, 2.75) is 45.2 Å². The van der Waals surface area contributed by atoms with Crippen molar-refractivity contribution in [3.63, 3.8) is 0 Å². The highest BCUT2D eigenvalue weighted by Crippen LogP contribution is 2.22. The molecule has 3 heterocycles. The zero-order valence-corrected chi connectivity index (χ0v) is 14.6. The highest BCUT2D eigenvalue weighted by Gasteiger charge is 2.22. The predicted octanol–water partition coefficient (Wildman–Crippen LogP) is 1.88. The number of amides is 1. The molecule has 24 heavy (non-hydrogen) atoms. The average molecular weight is 344 g/mol. The second kappa shape index (κ2) is 7.11. The molecule has 0 radical (unpaired) electrons. The molecule has 0 fully saturated rings. The van der Waals surface area contributed by atoms with Crippen molar-refractivity contribution in [3.8, 4) is 6.07 Å². The van der Waals surface area contributed by atoms with Crippen LogP contribution in [0.1, 0.15) is 43.4 Å². The standard InChI is InChI=1S/C16H20N6OS/c1-10(2)15-19-13-4-3-12(9-22(13)21-15)18-8-14(23)20-16-11(7-17)5-6-24-16/h5-6,10,12,18H,3-4,8-9H2,1-2H3,(H,20,23). The second-order valence-electron chi connectivity index (χ2n) is 6.16. The molecule has 0 aliphatic carbocycles. The molecule has 126 valence electrons. The summed E-state index contributed by atoms with van der Waals surface area (Å²) in [6.45, 7) is 5.11. The van der Waals surface area contributed by atoms with E-state index < -0.39 is 0 Å². The van der Waals surface area contributed by atoms with Crippen LogP contribution in [-0.2, 0) is 17.8 Å². The molecule has 0 saturated heterocycles. The molecule has 1 aliphatic heterocycles. The molecule has 2 N–H and O–H groups in total. The molecule has 3 rings (SSSR count). The number of thiophene rings is 1. The summed E-state index contributed by atoms with van der Waals surface area (Å²) in [6, 6.07) is 3.97. The van der Waals surface area contributed by atoms with Crippen LogP contribution in [0, 0.1) is 11.3 Å². The normalized spacial score (nSPS) is 16.7. The van der Waals surface area contributed by atoms with Crippen molar-refractivity contribution in [3.05, 3.63) is 28.7 Å². The van der Waals surface area contributed by atoms with E-state index in [9.17, 15) is 4.79 Å². The molecule has 0 saturated carbocycles. The molecule has 2 aromatic rings. The van der Waals surface area contributed by atoms with E-state index >= 15 is 0 Å². The molecule has 8 heteroatoms. The van der Waals surface area contributed by atoms with Gasteiger partial charge in [-0.3, -0.25) is 4.79 Å². The molecule has 0 bridgehead atoms. The third-order valence-electron chi connectivity index (χ3n) is 3.98. The Bertz CT molecular complexity index is 772. The van der Waals surface area contributed by atoms with Gasteiger partial charge >= 0.3 is 0 Å². The maximum atomic E-state index is 12.0. The van der Waals surface area contributed by atoms with Gasteiger partial charge < -0.3 is 10.6 Å². The fourth-order valence-electron chi connectivity index (χ4n) is 2.64. The number of rotatable bonds is 5. The number of fused-ring (bicyclic) bond motifs is 1. The van der Waals surface area contributed by atoms with Crippen LogP contribution in [0.25, 0.3) is 0 Å². The Kier molecular flexibility index (Phi) is 4.92. The highest BCUT2D eigenvalue weighted by molar-refractivity contribution is 7.14. The van der Waals surface area contributed by atoms with E-state index in [1.54, 1.807) is 11.4 Å². The lowest BCUT2D eigenvalue weighted by molar-refractivity contribution is -0.115. The number of aryl methyl sites for hydroxylation is 1. The fraction of sp³-hybridized carbons (Fsp3) is 0.500. The maximum absolute atomic E-state index is 12.0. The third-order valence-corrected chi connectivity index (χ3v) is 4.81. The lowest BCUT2D eigenvalue weighted by Gasteiger charge is -2.23. The van der Waals surface area contributed by atoms with Gasteiger partial charge in [0.15, 0.2) is 5.82 Å². The minimum atomic E-state index is -0.138. The summed E-state index contributed by atoms with van der Waals surface area (Å²) in [5.74, 6) is 2.09. The van der Waals surface area contributed by atoms with Gasteiger partial charge in [0.05, 0.1) is 18.7 Å². The summed E-state index contributed by atoms with van der Waals surface area (Å²) in [5.41, 5.74) is 0.500. The Hall–Kier alpha value is -2.24. The zero-order valence-electron chi connectivity index (χ0n) is 13.7. The third kappa shape index (κ3) is 3.63. The Morgan fingerprint density at radius 1 is 1.58 bits per heavy atom. The molecule has 2 aromatic heterocycles. The van der Waals surface area contributed by atoms with Gasteiger partial charge in [0.25, 0.3) is 0 Å². The van der Waals surface area contributed by atoms with Crippen molar-refractivity contribution in [1.82, 2.24) is 20.1 Å². The highest BCUT2D eigenvalue weighted by atomic mass is 32.1. The molecular weight excluding hydrogens is 324 g/mol. The van der Waals surface area contributed by atoms with E-state index in [-0.39, 0.29) is 18.5 Å². The van der Waals surface area contributed by atoms with Gasteiger partial charge in [0.2, 0.25) is 5.91 Å². The molecule has 1 aliphatic rings. The van der Waals surface area contributed by atoms with Crippen molar-refractivity contribution in [2.75, 3.05) is 11.9 Å². The smallest absolute Gasteiger partial charge is 0.238 e. The first-order valence-corrected chi connectivity index (χ1v) is 8.89. The van der Waals surface area contributed by atoms with Crippen LogP contribution in [0.3, 0.4) is 0 Å². The predicted molar refractivity (Wildman–Crippen MR) is 91.9 cm³/mol. The quantitative estimate of drug-likeness (QED) is 0.863. The number of hydrogen-bond donors (Lipinski definition) is 2. The van der Waals surface area contributed by atoms with Crippen LogP contribution in [0.2, 0.25) is 0 Å². The molecule has 1 amide bonds. The van der Waals surface area contributed by atoms with Crippen molar-refractivity contribution in [1.29, 1.82) is 5.26 Å². The first-order valence-electron chi connectivity index (χ1n) is 8.01. The Balaban J connectivity index is 1.52. The summed E-state index contributed by atoms with van der Waals surface area (Å²) in [4.78, 5) is 16.6. The van der Waals surface area contributed by atoms with Gasteiger partial charge in [0, 0.05) is 18.4 Å². The van der Waals surface area contributed by atoms with Crippen molar-refractivity contribution in [2.24, 2.45) is 0 Å². The summed E-state index contributed by atoms with van der Waals surface area (Å²) in [6.07, 6.45) is 1.80. The molecule has 0 spiro atoms. The van der Waals surface area contributed by atoms with E-state index in [4.69, 9.17) is 5.26 Å². The Labute approximate surface area is 144 Å². The van der Waals surface area contributed by atoms with E-state index in [2.05, 4.69) is 40.6 Å². The van der Waals surface area contributed by atoms with E-state index in [0.717, 1.165) is 31.0 Å². The molecular formula is C16H20N6OS. The number of hydrogen-bond acceptors (Lipinski definition) is 6. The summed E-state index contributed by atoms with van der Waals surface area (Å²) >= 11 is 1.36. The Morgan fingerprint density at radius 2 is 2.42 bits per heavy atom. The van der Waals surface area contributed by atoms with E-state index in [1.165, 1.54) is 11.3 Å². The number of nitrogens with zero attached hydrogens (tertiary/aromatic N) is 4. The molecule has 1 atom stereocenters. The first kappa shape index (κ1) is 16.6. The largest absolute Gasteiger partial charge is 0.315 e. The number of carbonyl (C=O) groups excluding carboxylic acids is 1. The van der Waals surface area contributed by atoms with Crippen LogP contribution < -0.4 is 10.6 Å². The fourth-order valence-corrected chi connectivity index (χ4v) is 3.39. The van der Waals surface area contributed by atoms with Crippen LogP contribution in [-0.4, -0.2) is 33.3 Å². The van der Waals surface area contributed by atoms with Gasteiger partial charge in [-0.05, 0) is 17.9 Å². The number of nitriles is 1. The van der Waals surface area contributed by atoms with Gasteiger partial charge in [0.1, 0.15) is 16.9 Å². The van der Waals surface area contributed by atoms with Crippen LogP contribution >= 0.6 is 11.3 Å². The minimum Gasteiger partial charge on any atom is -0.315 e. The average Bonchev–Trinajstić information content (AvgIpc) is 3.18. The number of carbonyl (C=O) groups is 1. The van der Waals surface area contributed by atoms with Gasteiger partial charge in [-0.2, -0.15) is 10.4 Å². The zero-order chi connectivity index (χ0) is 17.1. The number of aromatic nitrogens is 3. The molecule has 0 aromatic carbocycles. The molecule has 1 unspecified atom stereocenters. The second-order valence-corrected chi connectivity index (χ2v) is 7.08. The summed E-state index contributed by atoms with van der Waals surface area (Å²) in [5, 5.41) is 22.0. The first-order chi connectivity index (χ1) is 11.6. The summed E-state index contributed by atoms with van der Waals surface area (Å²) < 4.78 is 1.95. The van der Waals surface area contributed by atoms with E-state index in [0.29, 0.717) is 16.5 Å². The lowest BCUT2D eigenvalue weighted by Crippen LogP contribution is -2.41. The van der Waals surface area contributed by atoms with Crippen molar-refractivity contribution < 1.29 is 4.79 Å². The summed E-state index contributed by atoms with van der Waals surface area (Å²) in [7, 11) is 0. The number of nitrogens with one attached hydrogen (secondary N) is 2. The monoisotopic (exact) mass is 344 g/mol. The van der Waals surface area contributed by atoms with Crippen LogP contribution in [0.5, 0.6) is 0 Å². The van der Waals surface area contributed by atoms with Crippen molar-refractivity contribution >= 4 is 22.2 Å². The number of anilines is 1. The molecule has 7 nitrogen and oxygen atoms in total. The van der Waals surface area contributed by atoms with Gasteiger partial charge in [-0.25, -0.2) is 9.67 Å². The van der Waals surface area contributed by atoms with Crippen LogP contribution in [0.4, 0.5) is 5.00 Å². The topological polar surface area (TPSA) is 95.6 Å². The Morgan fingerprint density at radius 3 is 3.17 bits per heavy atom. The minimum absolute atomic E-state index is 0.138. The van der Waals surface area contributed by atoms with Gasteiger partial charge in [-0.1, -0.05) is 13.8 Å². The van der Waals surface area contributed by atoms with Gasteiger partial charge in [-0.15, -0.1) is 11.3 Å². The van der Waals surface area contributed by atoms with E-state index in [1.807, 2.05) is 4.68 Å². The lowest BCUT2D eigenvalue weighted by atomic mass is 10.1.